The Balaban J connectivity index is 2.76. The van der Waals surface area contributed by atoms with Crippen LogP contribution in [0.4, 0.5) is 5.69 Å². The van der Waals surface area contributed by atoms with Gasteiger partial charge in [-0.15, -0.1) is 11.3 Å². The van der Waals surface area contributed by atoms with Gasteiger partial charge in [-0.1, -0.05) is 0 Å². The lowest BCUT2D eigenvalue weighted by Gasteiger charge is -1.96. The number of hydrogen-bond acceptors (Lipinski definition) is 3. The summed E-state index contributed by atoms with van der Waals surface area (Å²) in [5, 5.41) is 13.5. The lowest BCUT2D eigenvalue weighted by Crippen LogP contribution is -1.90. The summed E-state index contributed by atoms with van der Waals surface area (Å²) >= 11 is 1.60. The molecule has 4 heteroatoms. The molecule has 0 radical (unpaired) electrons. The first kappa shape index (κ1) is 8.19. The van der Waals surface area contributed by atoms with Gasteiger partial charge in [0.05, 0.1) is 4.92 Å². The van der Waals surface area contributed by atoms with Crippen molar-refractivity contribution in [1.29, 1.82) is 0 Å². The molecule has 66 valence electrons. The van der Waals surface area contributed by atoms with Gasteiger partial charge in [-0.2, -0.15) is 0 Å². The van der Waals surface area contributed by atoms with E-state index in [1.165, 1.54) is 0 Å². The molecule has 2 aromatic rings. The Morgan fingerprint density at radius 1 is 1.46 bits per heavy atom. The SMILES string of the molecule is Cc1cc2sccc2cc1[N+](=O)[O-]. The second kappa shape index (κ2) is 2.81. The van der Waals surface area contributed by atoms with Crippen molar-refractivity contribution in [3.8, 4) is 0 Å². The van der Waals surface area contributed by atoms with Gasteiger partial charge in [0.25, 0.3) is 5.69 Å². The lowest BCUT2D eigenvalue weighted by atomic mass is 10.1. The predicted molar refractivity (Wildman–Crippen MR) is 53.2 cm³/mol. The fraction of sp³-hybridized carbons (Fsp3) is 0.111. The van der Waals surface area contributed by atoms with Crippen LogP contribution in [0.1, 0.15) is 5.56 Å². The van der Waals surface area contributed by atoms with Crippen LogP contribution in [-0.2, 0) is 0 Å². The van der Waals surface area contributed by atoms with Crippen molar-refractivity contribution >= 4 is 27.1 Å². The van der Waals surface area contributed by atoms with Crippen molar-refractivity contribution in [3.63, 3.8) is 0 Å². The van der Waals surface area contributed by atoms with Crippen molar-refractivity contribution in [1.82, 2.24) is 0 Å². The van der Waals surface area contributed by atoms with Gasteiger partial charge in [-0.3, -0.25) is 10.1 Å². The first-order valence-corrected chi connectivity index (χ1v) is 4.68. The summed E-state index contributed by atoms with van der Waals surface area (Å²) in [6, 6.07) is 5.38. The van der Waals surface area contributed by atoms with E-state index in [2.05, 4.69) is 0 Å². The van der Waals surface area contributed by atoms with Gasteiger partial charge in [0, 0.05) is 16.3 Å². The molecule has 0 aliphatic carbocycles. The van der Waals surface area contributed by atoms with Crippen LogP contribution in [0.3, 0.4) is 0 Å². The largest absolute Gasteiger partial charge is 0.272 e. The third kappa shape index (κ3) is 1.29. The van der Waals surface area contributed by atoms with E-state index in [0.29, 0.717) is 0 Å². The highest BCUT2D eigenvalue weighted by molar-refractivity contribution is 7.17. The number of rotatable bonds is 1. The van der Waals surface area contributed by atoms with E-state index >= 15 is 0 Å². The molecule has 0 bridgehead atoms. The van der Waals surface area contributed by atoms with Crippen molar-refractivity contribution in [2.45, 2.75) is 6.92 Å². The number of nitro groups is 1. The summed E-state index contributed by atoms with van der Waals surface area (Å²) in [5.41, 5.74) is 0.922. The molecule has 0 unspecified atom stereocenters. The Labute approximate surface area is 78.8 Å². The zero-order chi connectivity index (χ0) is 9.42. The molecule has 3 nitrogen and oxygen atoms in total. The zero-order valence-electron chi connectivity index (χ0n) is 6.98. The number of benzene rings is 1. The maximum atomic E-state index is 10.6. The number of nitrogens with zero attached hydrogens (tertiary/aromatic N) is 1. The second-order valence-electron chi connectivity index (χ2n) is 2.85. The third-order valence-electron chi connectivity index (χ3n) is 1.97. The van der Waals surface area contributed by atoms with Crippen LogP contribution in [0.25, 0.3) is 10.1 Å². The maximum absolute atomic E-state index is 10.6. The van der Waals surface area contributed by atoms with Crippen LogP contribution in [0, 0.1) is 17.0 Å². The van der Waals surface area contributed by atoms with Crippen molar-refractivity contribution in [2.24, 2.45) is 0 Å². The fourth-order valence-corrected chi connectivity index (χ4v) is 2.16. The number of thiophene rings is 1. The summed E-state index contributed by atoms with van der Waals surface area (Å²) in [4.78, 5) is 10.3. The molecule has 0 fully saturated rings. The Hall–Kier alpha value is -1.42. The Bertz CT molecular complexity index is 475. The molecule has 1 aromatic heterocycles. The number of hydrogen-bond donors (Lipinski definition) is 0. The summed E-state index contributed by atoms with van der Waals surface area (Å²) in [7, 11) is 0. The van der Waals surface area contributed by atoms with E-state index in [4.69, 9.17) is 0 Å². The lowest BCUT2D eigenvalue weighted by molar-refractivity contribution is -0.385. The average molecular weight is 193 g/mol. The highest BCUT2D eigenvalue weighted by Gasteiger charge is 2.11. The van der Waals surface area contributed by atoms with Crippen LogP contribution in [0.5, 0.6) is 0 Å². The van der Waals surface area contributed by atoms with Gasteiger partial charge in [-0.05, 0) is 29.8 Å². The van der Waals surface area contributed by atoms with Crippen LogP contribution in [0.2, 0.25) is 0 Å². The number of nitro benzene ring substituents is 1. The van der Waals surface area contributed by atoms with Crippen molar-refractivity contribution < 1.29 is 4.92 Å². The maximum Gasteiger partial charge on any atom is 0.272 e. The number of aryl methyl sites for hydroxylation is 1. The van der Waals surface area contributed by atoms with Crippen molar-refractivity contribution in [3.05, 3.63) is 39.3 Å². The first-order valence-electron chi connectivity index (χ1n) is 3.81. The van der Waals surface area contributed by atoms with Crippen LogP contribution >= 0.6 is 11.3 Å². The monoisotopic (exact) mass is 193 g/mol. The van der Waals surface area contributed by atoms with E-state index in [0.717, 1.165) is 15.6 Å². The van der Waals surface area contributed by atoms with Crippen LogP contribution in [0.15, 0.2) is 23.6 Å². The molecular formula is C9H7NO2S. The van der Waals surface area contributed by atoms with Gasteiger partial charge < -0.3 is 0 Å². The minimum atomic E-state index is -0.341. The van der Waals surface area contributed by atoms with Crippen LogP contribution in [-0.4, -0.2) is 4.92 Å². The minimum Gasteiger partial charge on any atom is -0.258 e. The normalized spacial score (nSPS) is 10.5. The molecule has 2 rings (SSSR count). The average Bonchev–Trinajstić information content (AvgIpc) is 2.48. The third-order valence-corrected chi connectivity index (χ3v) is 2.85. The van der Waals surface area contributed by atoms with E-state index in [1.807, 2.05) is 17.5 Å². The van der Waals surface area contributed by atoms with Crippen LogP contribution < -0.4 is 0 Å². The molecule has 0 amide bonds. The molecule has 0 saturated carbocycles. The molecule has 0 spiro atoms. The molecule has 0 aliphatic heterocycles. The van der Waals surface area contributed by atoms with Gasteiger partial charge in [0.15, 0.2) is 0 Å². The molecular weight excluding hydrogens is 186 g/mol. The van der Waals surface area contributed by atoms with Gasteiger partial charge >= 0.3 is 0 Å². The van der Waals surface area contributed by atoms with Gasteiger partial charge in [-0.25, -0.2) is 0 Å². The molecule has 1 aromatic carbocycles. The highest BCUT2D eigenvalue weighted by Crippen LogP contribution is 2.28. The quantitative estimate of drug-likeness (QED) is 0.516. The van der Waals surface area contributed by atoms with E-state index < -0.39 is 0 Å². The first-order chi connectivity index (χ1) is 6.18. The van der Waals surface area contributed by atoms with Gasteiger partial charge in [0.1, 0.15) is 0 Å². The Kier molecular flexibility index (Phi) is 1.77. The summed E-state index contributed by atoms with van der Waals surface area (Å²) in [6.45, 7) is 1.76. The fourth-order valence-electron chi connectivity index (χ4n) is 1.30. The predicted octanol–water partition coefficient (Wildman–Crippen LogP) is 3.12. The minimum absolute atomic E-state index is 0.200. The Morgan fingerprint density at radius 3 is 2.92 bits per heavy atom. The molecule has 0 N–H and O–H groups in total. The highest BCUT2D eigenvalue weighted by atomic mass is 32.1. The summed E-state index contributed by atoms with van der Waals surface area (Å²) in [6.07, 6.45) is 0. The molecule has 0 atom stereocenters. The number of fused-ring (bicyclic) bond motifs is 1. The second-order valence-corrected chi connectivity index (χ2v) is 3.80. The van der Waals surface area contributed by atoms with E-state index in [-0.39, 0.29) is 10.6 Å². The summed E-state index contributed by atoms with van der Waals surface area (Å²) in [5.74, 6) is 0. The molecule has 0 aliphatic rings. The van der Waals surface area contributed by atoms with E-state index in [9.17, 15) is 10.1 Å². The molecule has 0 saturated heterocycles. The van der Waals surface area contributed by atoms with Gasteiger partial charge in [0.2, 0.25) is 0 Å². The zero-order valence-corrected chi connectivity index (χ0v) is 7.80. The Morgan fingerprint density at radius 2 is 2.23 bits per heavy atom. The standard InChI is InChI=1S/C9H7NO2S/c1-6-4-9-7(2-3-13-9)5-8(6)10(11)12/h2-5H,1H3. The molecule has 1 heterocycles. The van der Waals surface area contributed by atoms with Crippen molar-refractivity contribution in [2.75, 3.05) is 0 Å². The topological polar surface area (TPSA) is 43.1 Å². The smallest absolute Gasteiger partial charge is 0.258 e. The molecule has 13 heavy (non-hydrogen) atoms. The van der Waals surface area contributed by atoms with E-state index in [1.54, 1.807) is 24.3 Å². The summed E-state index contributed by atoms with van der Waals surface area (Å²) < 4.78 is 1.10.